The fourth-order valence-corrected chi connectivity index (χ4v) is 4.53. The monoisotopic (exact) mass is 394 g/mol. The van der Waals surface area contributed by atoms with Gasteiger partial charge in [0.1, 0.15) is 0 Å². The second-order valence-corrected chi connectivity index (χ2v) is 8.27. The van der Waals surface area contributed by atoms with Crippen molar-refractivity contribution < 1.29 is 4.79 Å². The van der Waals surface area contributed by atoms with Gasteiger partial charge in [-0.2, -0.15) is 0 Å². The molecule has 0 N–H and O–H groups in total. The van der Waals surface area contributed by atoms with Crippen LogP contribution in [0.4, 0.5) is 0 Å². The summed E-state index contributed by atoms with van der Waals surface area (Å²) in [7, 11) is 0. The molecule has 0 saturated carbocycles. The standard InChI is InChI=1S/C21H28Cl2N2O/c1-3-21(26)25-17-5-4-6-18(25)14-24(12-10-17)11-9-15(2)16-7-8-19(22)20(23)13-16/h7-9,13,17-18H,3-6,10-12,14H2,1-2H3/b15-9-. The number of nitrogens with zero attached hydrogens (tertiary/aromatic N) is 2. The maximum absolute atomic E-state index is 12.4. The number of amides is 1. The highest BCUT2D eigenvalue weighted by Crippen LogP contribution is 2.30. The van der Waals surface area contributed by atoms with Gasteiger partial charge >= 0.3 is 0 Å². The van der Waals surface area contributed by atoms with Gasteiger partial charge in [0.25, 0.3) is 0 Å². The summed E-state index contributed by atoms with van der Waals surface area (Å²) in [5, 5.41) is 1.18. The van der Waals surface area contributed by atoms with E-state index in [1.54, 1.807) is 0 Å². The average molecular weight is 395 g/mol. The van der Waals surface area contributed by atoms with Crippen molar-refractivity contribution in [2.75, 3.05) is 19.6 Å². The quantitative estimate of drug-likeness (QED) is 0.694. The minimum Gasteiger partial charge on any atom is -0.335 e. The summed E-state index contributed by atoms with van der Waals surface area (Å²) in [6, 6.07) is 6.60. The Bertz CT molecular complexity index is 689. The van der Waals surface area contributed by atoms with E-state index < -0.39 is 0 Å². The van der Waals surface area contributed by atoms with E-state index in [-0.39, 0.29) is 0 Å². The number of hydrogen-bond acceptors (Lipinski definition) is 2. The molecule has 1 aromatic rings. The summed E-state index contributed by atoms with van der Waals surface area (Å²) in [6.07, 6.45) is 7.50. The number of fused-ring (bicyclic) bond motifs is 2. The highest BCUT2D eigenvalue weighted by molar-refractivity contribution is 6.42. The lowest BCUT2D eigenvalue weighted by Crippen LogP contribution is -2.51. The predicted molar refractivity (Wildman–Crippen MR) is 110 cm³/mol. The van der Waals surface area contributed by atoms with E-state index in [9.17, 15) is 4.79 Å². The van der Waals surface area contributed by atoms with Gasteiger partial charge in [0.15, 0.2) is 0 Å². The maximum Gasteiger partial charge on any atom is 0.222 e. The molecule has 2 aliphatic rings. The Kier molecular flexibility index (Phi) is 6.65. The van der Waals surface area contributed by atoms with Crippen LogP contribution in [-0.4, -0.2) is 47.4 Å². The summed E-state index contributed by atoms with van der Waals surface area (Å²) in [6.45, 7) is 7.03. The molecule has 2 aliphatic heterocycles. The fraction of sp³-hybridized carbons (Fsp3) is 0.571. The molecule has 2 bridgehead atoms. The fourth-order valence-electron chi connectivity index (χ4n) is 4.23. The van der Waals surface area contributed by atoms with Crippen LogP contribution in [0.25, 0.3) is 5.57 Å². The molecular formula is C21H28Cl2N2O. The Hall–Kier alpha value is -1.03. The second kappa shape index (κ2) is 8.77. The number of benzene rings is 1. The van der Waals surface area contributed by atoms with Crippen molar-refractivity contribution in [3.8, 4) is 0 Å². The zero-order valence-corrected chi connectivity index (χ0v) is 17.2. The topological polar surface area (TPSA) is 23.6 Å². The van der Waals surface area contributed by atoms with Crippen LogP contribution < -0.4 is 0 Å². The molecule has 26 heavy (non-hydrogen) atoms. The van der Waals surface area contributed by atoms with E-state index in [1.807, 2.05) is 25.1 Å². The minimum absolute atomic E-state index is 0.323. The normalized spacial score (nSPS) is 24.5. The SMILES string of the molecule is CCC(=O)N1C2CCCC1CN(C/C=C(/C)c1ccc(Cl)c(Cl)c1)CC2. The van der Waals surface area contributed by atoms with Crippen LogP contribution in [0, 0.1) is 0 Å². The molecule has 2 heterocycles. The molecule has 0 radical (unpaired) electrons. The first-order valence-electron chi connectivity index (χ1n) is 9.65. The van der Waals surface area contributed by atoms with Gasteiger partial charge in [-0.05, 0) is 55.9 Å². The molecule has 2 saturated heterocycles. The number of carbonyl (C=O) groups is 1. The molecule has 142 valence electrons. The highest BCUT2D eigenvalue weighted by atomic mass is 35.5. The zero-order chi connectivity index (χ0) is 18.7. The largest absolute Gasteiger partial charge is 0.335 e. The van der Waals surface area contributed by atoms with E-state index in [0.717, 1.165) is 44.5 Å². The third-order valence-electron chi connectivity index (χ3n) is 5.73. The van der Waals surface area contributed by atoms with Gasteiger partial charge in [-0.3, -0.25) is 9.69 Å². The number of allylic oxidation sites excluding steroid dienone is 1. The zero-order valence-electron chi connectivity index (χ0n) is 15.7. The highest BCUT2D eigenvalue weighted by Gasteiger charge is 2.36. The molecule has 2 fully saturated rings. The van der Waals surface area contributed by atoms with E-state index in [0.29, 0.717) is 34.5 Å². The molecular weight excluding hydrogens is 367 g/mol. The Morgan fingerprint density at radius 2 is 1.96 bits per heavy atom. The minimum atomic E-state index is 0.323. The molecule has 5 heteroatoms. The molecule has 2 atom stereocenters. The summed E-state index contributed by atoms with van der Waals surface area (Å²) in [5.41, 5.74) is 2.31. The van der Waals surface area contributed by atoms with Crippen LogP contribution in [0.1, 0.15) is 51.5 Å². The van der Waals surface area contributed by atoms with Crippen LogP contribution >= 0.6 is 23.2 Å². The van der Waals surface area contributed by atoms with Gasteiger partial charge in [-0.25, -0.2) is 0 Å². The lowest BCUT2D eigenvalue weighted by Gasteiger charge is -2.40. The molecule has 1 amide bonds. The number of piperidine rings is 1. The Morgan fingerprint density at radius 1 is 1.19 bits per heavy atom. The maximum atomic E-state index is 12.4. The molecule has 3 nitrogen and oxygen atoms in total. The van der Waals surface area contributed by atoms with Gasteiger partial charge in [-0.15, -0.1) is 0 Å². The first-order chi connectivity index (χ1) is 12.5. The summed E-state index contributed by atoms with van der Waals surface area (Å²) >= 11 is 12.2. The van der Waals surface area contributed by atoms with E-state index in [4.69, 9.17) is 23.2 Å². The number of rotatable bonds is 4. The van der Waals surface area contributed by atoms with E-state index in [2.05, 4.69) is 22.8 Å². The molecule has 1 aromatic carbocycles. The van der Waals surface area contributed by atoms with Gasteiger partial charge < -0.3 is 4.90 Å². The Morgan fingerprint density at radius 3 is 2.69 bits per heavy atom. The first-order valence-corrected chi connectivity index (χ1v) is 10.4. The molecule has 0 aliphatic carbocycles. The van der Waals surface area contributed by atoms with Crippen molar-refractivity contribution in [3.63, 3.8) is 0 Å². The molecule has 0 spiro atoms. The van der Waals surface area contributed by atoms with Gasteiger partial charge in [0.2, 0.25) is 5.91 Å². The van der Waals surface area contributed by atoms with Gasteiger partial charge in [0, 0.05) is 38.1 Å². The average Bonchev–Trinajstić information content (AvgIpc) is 2.74. The van der Waals surface area contributed by atoms with Crippen LogP contribution in [0.3, 0.4) is 0 Å². The van der Waals surface area contributed by atoms with E-state index >= 15 is 0 Å². The van der Waals surface area contributed by atoms with Crippen molar-refractivity contribution >= 4 is 34.7 Å². The third kappa shape index (κ3) is 4.44. The summed E-state index contributed by atoms with van der Waals surface area (Å²) < 4.78 is 0. The van der Waals surface area contributed by atoms with Gasteiger partial charge in [0.05, 0.1) is 10.0 Å². The Labute approximate surface area is 166 Å². The van der Waals surface area contributed by atoms with E-state index in [1.165, 1.54) is 12.0 Å². The number of carbonyl (C=O) groups excluding carboxylic acids is 1. The van der Waals surface area contributed by atoms with Crippen molar-refractivity contribution in [1.29, 1.82) is 0 Å². The second-order valence-electron chi connectivity index (χ2n) is 7.46. The van der Waals surface area contributed by atoms with Crippen molar-refractivity contribution in [1.82, 2.24) is 9.80 Å². The Balaban J connectivity index is 1.68. The molecule has 3 rings (SSSR count). The predicted octanol–water partition coefficient (Wildman–Crippen LogP) is 5.26. The van der Waals surface area contributed by atoms with Crippen molar-refractivity contribution in [3.05, 3.63) is 39.9 Å². The third-order valence-corrected chi connectivity index (χ3v) is 6.47. The lowest BCUT2D eigenvalue weighted by atomic mass is 9.94. The van der Waals surface area contributed by atoms with Crippen molar-refractivity contribution in [2.24, 2.45) is 0 Å². The van der Waals surface area contributed by atoms with Crippen molar-refractivity contribution in [2.45, 2.75) is 58.0 Å². The summed E-state index contributed by atoms with van der Waals surface area (Å²) in [4.78, 5) is 17.1. The number of hydrogen-bond donors (Lipinski definition) is 0. The first kappa shape index (κ1) is 19.7. The van der Waals surface area contributed by atoms with Gasteiger partial charge in [-0.1, -0.05) is 42.3 Å². The van der Waals surface area contributed by atoms with Crippen LogP contribution in [0.2, 0.25) is 10.0 Å². The van der Waals surface area contributed by atoms with Crippen LogP contribution in [0.15, 0.2) is 24.3 Å². The number of halogens is 2. The molecule has 0 aromatic heterocycles. The molecule has 2 unspecified atom stereocenters. The smallest absolute Gasteiger partial charge is 0.222 e. The van der Waals surface area contributed by atoms with Crippen LogP contribution in [-0.2, 0) is 4.79 Å². The summed E-state index contributed by atoms with van der Waals surface area (Å²) in [5.74, 6) is 0.323. The van der Waals surface area contributed by atoms with Crippen LogP contribution in [0.5, 0.6) is 0 Å². The lowest BCUT2D eigenvalue weighted by molar-refractivity contribution is -0.137.